The number of nitrogens with one attached hydrogen (secondary N) is 1. The van der Waals surface area contributed by atoms with Gasteiger partial charge in [-0.3, -0.25) is 9.59 Å². The number of carbonyl (C=O) groups excluding carboxylic acids is 1. The molecular weight excluding hydrogens is 280 g/mol. The molecule has 1 amide bonds. The summed E-state index contributed by atoms with van der Waals surface area (Å²) in [6.45, 7) is 1.22. The number of hydrogen-bond acceptors (Lipinski definition) is 3. The third kappa shape index (κ3) is 4.23. The SMILES string of the molecule is CN(CCNC(=O)C1CCCCC1C(=O)O)c1ccccc1. The normalized spacial score (nSPS) is 21.1. The summed E-state index contributed by atoms with van der Waals surface area (Å²) in [6.07, 6.45) is 3.12. The number of amides is 1. The third-order valence-electron chi connectivity index (χ3n) is 4.36. The van der Waals surface area contributed by atoms with Gasteiger partial charge in [0, 0.05) is 25.8 Å². The van der Waals surface area contributed by atoms with Crippen LogP contribution in [0.2, 0.25) is 0 Å². The number of rotatable bonds is 6. The van der Waals surface area contributed by atoms with Gasteiger partial charge >= 0.3 is 5.97 Å². The standard InChI is InChI=1S/C17H24N2O3/c1-19(13-7-3-2-4-8-13)12-11-18-16(20)14-9-5-6-10-15(14)17(21)22/h2-4,7-8,14-15H,5-6,9-12H2,1H3,(H,18,20)(H,21,22). The number of aliphatic carboxylic acids is 1. The molecule has 1 aromatic rings. The fourth-order valence-corrected chi connectivity index (χ4v) is 3.03. The molecule has 2 unspecified atom stereocenters. The molecule has 0 aliphatic heterocycles. The molecule has 1 fully saturated rings. The average molecular weight is 304 g/mol. The Morgan fingerprint density at radius 1 is 1.18 bits per heavy atom. The minimum atomic E-state index is -0.846. The van der Waals surface area contributed by atoms with Crippen molar-refractivity contribution in [2.45, 2.75) is 25.7 Å². The van der Waals surface area contributed by atoms with Crippen molar-refractivity contribution < 1.29 is 14.7 Å². The lowest BCUT2D eigenvalue weighted by atomic mass is 9.79. The van der Waals surface area contributed by atoms with Crippen molar-refractivity contribution >= 4 is 17.6 Å². The maximum absolute atomic E-state index is 12.2. The van der Waals surface area contributed by atoms with Crippen LogP contribution in [0.5, 0.6) is 0 Å². The molecule has 0 spiro atoms. The molecule has 0 saturated heterocycles. The largest absolute Gasteiger partial charge is 0.481 e. The van der Waals surface area contributed by atoms with Gasteiger partial charge in [0.2, 0.25) is 5.91 Å². The Bertz CT molecular complexity index is 504. The number of hydrogen-bond donors (Lipinski definition) is 2. The summed E-state index contributed by atoms with van der Waals surface area (Å²) in [6, 6.07) is 9.95. The van der Waals surface area contributed by atoms with Crippen LogP contribution in [0.1, 0.15) is 25.7 Å². The molecule has 1 aliphatic rings. The van der Waals surface area contributed by atoms with Crippen molar-refractivity contribution in [3.8, 4) is 0 Å². The van der Waals surface area contributed by atoms with Gasteiger partial charge in [0.25, 0.3) is 0 Å². The Kier molecular flexibility index (Phi) is 5.81. The maximum atomic E-state index is 12.2. The van der Waals surface area contributed by atoms with Gasteiger partial charge in [-0.05, 0) is 25.0 Å². The van der Waals surface area contributed by atoms with E-state index >= 15 is 0 Å². The number of benzene rings is 1. The van der Waals surface area contributed by atoms with Crippen LogP contribution >= 0.6 is 0 Å². The summed E-state index contributed by atoms with van der Waals surface area (Å²) in [7, 11) is 1.97. The first-order valence-electron chi connectivity index (χ1n) is 7.86. The van der Waals surface area contributed by atoms with Crippen molar-refractivity contribution in [3.63, 3.8) is 0 Å². The number of likely N-dealkylation sites (N-methyl/N-ethyl adjacent to an activating group) is 1. The van der Waals surface area contributed by atoms with E-state index in [2.05, 4.69) is 10.2 Å². The third-order valence-corrected chi connectivity index (χ3v) is 4.36. The molecule has 22 heavy (non-hydrogen) atoms. The topological polar surface area (TPSA) is 69.6 Å². The Balaban J connectivity index is 1.81. The first-order chi connectivity index (χ1) is 10.6. The van der Waals surface area contributed by atoms with Crippen LogP contribution in [-0.2, 0) is 9.59 Å². The Morgan fingerprint density at radius 2 is 1.82 bits per heavy atom. The predicted molar refractivity (Wildman–Crippen MR) is 85.8 cm³/mol. The van der Waals surface area contributed by atoms with Crippen LogP contribution < -0.4 is 10.2 Å². The summed E-state index contributed by atoms with van der Waals surface area (Å²) in [5.41, 5.74) is 1.10. The summed E-state index contributed by atoms with van der Waals surface area (Å²) in [5, 5.41) is 12.1. The zero-order chi connectivity index (χ0) is 15.9. The fourth-order valence-electron chi connectivity index (χ4n) is 3.03. The number of carboxylic acid groups (broad SMARTS) is 1. The summed E-state index contributed by atoms with van der Waals surface area (Å²) in [4.78, 5) is 25.6. The van der Waals surface area contributed by atoms with Gasteiger partial charge in [0.1, 0.15) is 0 Å². The van der Waals surface area contributed by atoms with Crippen molar-refractivity contribution in [1.82, 2.24) is 5.32 Å². The molecule has 0 aromatic heterocycles. The van der Waals surface area contributed by atoms with Gasteiger partial charge in [-0.1, -0.05) is 31.0 Å². The first-order valence-corrected chi connectivity index (χ1v) is 7.86. The monoisotopic (exact) mass is 304 g/mol. The molecule has 0 heterocycles. The van der Waals surface area contributed by atoms with Gasteiger partial charge in [-0.25, -0.2) is 0 Å². The van der Waals surface area contributed by atoms with E-state index in [4.69, 9.17) is 0 Å². The Labute approximate surface area is 131 Å². The van der Waals surface area contributed by atoms with E-state index < -0.39 is 11.9 Å². The van der Waals surface area contributed by atoms with E-state index in [-0.39, 0.29) is 11.8 Å². The second kappa shape index (κ2) is 7.82. The second-order valence-corrected chi connectivity index (χ2v) is 5.88. The smallest absolute Gasteiger partial charge is 0.307 e. The highest BCUT2D eigenvalue weighted by molar-refractivity contribution is 5.84. The van der Waals surface area contributed by atoms with Crippen LogP contribution in [0.4, 0.5) is 5.69 Å². The summed E-state index contributed by atoms with van der Waals surface area (Å²) >= 11 is 0. The van der Waals surface area contributed by atoms with Crippen molar-refractivity contribution in [2.24, 2.45) is 11.8 Å². The highest BCUT2D eigenvalue weighted by Gasteiger charge is 2.35. The number of carbonyl (C=O) groups is 2. The summed E-state index contributed by atoms with van der Waals surface area (Å²) < 4.78 is 0. The van der Waals surface area contributed by atoms with Crippen molar-refractivity contribution in [3.05, 3.63) is 30.3 Å². The van der Waals surface area contributed by atoms with Gasteiger partial charge in [-0.2, -0.15) is 0 Å². The van der Waals surface area contributed by atoms with E-state index in [1.807, 2.05) is 37.4 Å². The van der Waals surface area contributed by atoms with E-state index in [9.17, 15) is 14.7 Å². The zero-order valence-corrected chi connectivity index (χ0v) is 13.0. The van der Waals surface area contributed by atoms with Gasteiger partial charge in [0.05, 0.1) is 11.8 Å². The maximum Gasteiger partial charge on any atom is 0.307 e. The van der Waals surface area contributed by atoms with E-state index in [1.165, 1.54) is 0 Å². The summed E-state index contributed by atoms with van der Waals surface area (Å²) in [5.74, 6) is -1.87. The number of para-hydroxylation sites is 1. The predicted octanol–water partition coefficient (Wildman–Crippen LogP) is 2.13. The average Bonchev–Trinajstić information content (AvgIpc) is 2.55. The van der Waals surface area contributed by atoms with Crippen LogP contribution in [0.15, 0.2) is 30.3 Å². The lowest BCUT2D eigenvalue weighted by Crippen LogP contribution is -2.42. The van der Waals surface area contributed by atoms with Crippen LogP contribution in [0, 0.1) is 11.8 Å². The quantitative estimate of drug-likeness (QED) is 0.844. The Hall–Kier alpha value is -2.04. The molecule has 0 radical (unpaired) electrons. The number of nitrogens with zero attached hydrogens (tertiary/aromatic N) is 1. The molecule has 2 N–H and O–H groups in total. The molecular formula is C17H24N2O3. The molecule has 1 aliphatic carbocycles. The molecule has 0 bridgehead atoms. The molecule has 2 rings (SSSR count). The first kappa shape index (κ1) is 16.3. The van der Waals surface area contributed by atoms with E-state index in [0.29, 0.717) is 25.9 Å². The molecule has 120 valence electrons. The number of anilines is 1. The molecule has 5 heteroatoms. The van der Waals surface area contributed by atoms with E-state index in [1.54, 1.807) is 0 Å². The van der Waals surface area contributed by atoms with Crippen molar-refractivity contribution in [1.29, 1.82) is 0 Å². The molecule has 1 aromatic carbocycles. The highest BCUT2D eigenvalue weighted by Crippen LogP contribution is 2.30. The van der Waals surface area contributed by atoms with Crippen LogP contribution in [0.3, 0.4) is 0 Å². The van der Waals surface area contributed by atoms with Crippen LogP contribution in [-0.4, -0.2) is 37.1 Å². The van der Waals surface area contributed by atoms with Gasteiger partial charge in [-0.15, -0.1) is 0 Å². The highest BCUT2D eigenvalue weighted by atomic mass is 16.4. The minimum Gasteiger partial charge on any atom is -0.481 e. The van der Waals surface area contributed by atoms with Gasteiger partial charge in [0.15, 0.2) is 0 Å². The molecule has 5 nitrogen and oxygen atoms in total. The zero-order valence-electron chi connectivity index (χ0n) is 13.0. The molecule has 2 atom stereocenters. The fraction of sp³-hybridized carbons (Fsp3) is 0.529. The minimum absolute atomic E-state index is 0.117. The molecule has 1 saturated carbocycles. The lowest BCUT2D eigenvalue weighted by molar-refractivity contribution is -0.148. The number of carboxylic acids is 1. The Morgan fingerprint density at radius 3 is 2.45 bits per heavy atom. The second-order valence-electron chi connectivity index (χ2n) is 5.88. The van der Waals surface area contributed by atoms with Crippen molar-refractivity contribution in [2.75, 3.05) is 25.0 Å². The van der Waals surface area contributed by atoms with Gasteiger partial charge < -0.3 is 15.3 Å². The lowest BCUT2D eigenvalue weighted by Gasteiger charge is -2.28. The van der Waals surface area contributed by atoms with Crippen LogP contribution in [0.25, 0.3) is 0 Å². The van der Waals surface area contributed by atoms with E-state index in [0.717, 1.165) is 18.5 Å².